The summed E-state index contributed by atoms with van der Waals surface area (Å²) in [7, 11) is 0. The minimum absolute atomic E-state index is 0.300. The van der Waals surface area contributed by atoms with Crippen LogP contribution in [0.15, 0.2) is 35.3 Å². The maximum absolute atomic E-state index is 5.49. The molecule has 0 saturated carbocycles. The molecule has 1 fully saturated rings. The van der Waals surface area contributed by atoms with Gasteiger partial charge in [0.15, 0.2) is 5.96 Å². The van der Waals surface area contributed by atoms with Gasteiger partial charge in [-0.15, -0.1) is 0 Å². The van der Waals surface area contributed by atoms with Crippen LogP contribution >= 0.6 is 0 Å². The van der Waals surface area contributed by atoms with Gasteiger partial charge < -0.3 is 15.4 Å². The van der Waals surface area contributed by atoms with E-state index in [1.165, 1.54) is 5.56 Å². The van der Waals surface area contributed by atoms with Crippen LogP contribution in [0.25, 0.3) is 0 Å². The van der Waals surface area contributed by atoms with Crippen LogP contribution < -0.4 is 10.6 Å². The molecule has 1 saturated heterocycles. The van der Waals surface area contributed by atoms with E-state index in [9.17, 15) is 0 Å². The summed E-state index contributed by atoms with van der Waals surface area (Å²) in [4.78, 5) is 4.54. The second kappa shape index (κ2) is 9.46. The molecule has 1 aliphatic rings. The second-order valence-corrected chi connectivity index (χ2v) is 5.75. The first-order valence-corrected chi connectivity index (χ1v) is 8.51. The maximum Gasteiger partial charge on any atom is 0.191 e. The number of ether oxygens (including phenoxy) is 1. The predicted octanol–water partition coefficient (Wildman–Crippen LogP) is 3.12. The lowest BCUT2D eigenvalue weighted by Gasteiger charge is -2.28. The number of aliphatic imine (C=N–C) groups is 1. The molecule has 4 heteroatoms. The summed E-state index contributed by atoms with van der Waals surface area (Å²) in [5.41, 5.74) is 1.33. The number of nitrogens with zero attached hydrogens (tertiary/aromatic N) is 1. The maximum atomic E-state index is 5.49. The van der Waals surface area contributed by atoms with E-state index in [0.29, 0.717) is 6.04 Å². The van der Waals surface area contributed by atoms with E-state index in [0.717, 1.165) is 57.4 Å². The van der Waals surface area contributed by atoms with Crippen molar-refractivity contribution in [3.8, 4) is 0 Å². The lowest BCUT2D eigenvalue weighted by Crippen LogP contribution is -2.40. The van der Waals surface area contributed by atoms with Crippen molar-refractivity contribution >= 4 is 5.96 Å². The van der Waals surface area contributed by atoms with Crippen molar-refractivity contribution in [2.75, 3.05) is 26.3 Å². The van der Waals surface area contributed by atoms with Crippen LogP contribution in [0.5, 0.6) is 0 Å². The van der Waals surface area contributed by atoms with Crippen molar-refractivity contribution < 1.29 is 4.74 Å². The van der Waals surface area contributed by atoms with Crippen LogP contribution in [0.2, 0.25) is 0 Å². The average molecular weight is 303 g/mol. The summed E-state index contributed by atoms with van der Waals surface area (Å²) in [5, 5.41) is 6.95. The van der Waals surface area contributed by atoms with Crippen molar-refractivity contribution in [2.24, 2.45) is 10.9 Å². The lowest BCUT2D eigenvalue weighted by atomic mass is 9.89. The molecule has 2 rings (SSSR count). The number of guanidine groups is 1. The summed E-state index contributed by atoms with van der Waals surface area (Å²) < 4.78 is 5.49. The summed E-state index contributed by atoms with van der Waals surface area (Å²) in [6.07, 6.45) is 3.44. The normalized spacial score (nSPS) is 18.0. The molecule has 22 heavy (non-hydrogen) atoms. The molecule has 0 radical (unpaired) electrons. The largest absolute Gasteiger partial charge is 0.381 e. The van der Waals surface area contributed by atoms with Gasteiger partial charge in [-0.25, -0.2) is 0 Å². The fraction of sp³-hybridized carbons (Fsp3) is 0.611. The number of rotatable bonds is 6. The molecule has 1 heterocycles. The Morgan fingerprint density at radius 3 is 2.59 bits per heavy atom. The molecule has 122 valence electrons. The first kappa shape index (κ1) is 16.8. The van der Waals surface area contributed by atoms with Crippen LogP contribution in [0.3, 0.4) is 0 Å². The van der Waals surface area contributed by atoms with Crippen LogP contribution in [0.4, 0.5) is 0 Å². The Bertz CT molecular complexity index is 441. The van der Waals surface area contributed by atoms with E-state index in [2.05, 4.69) is 59.8 Å². The monoisotopic (exact) mass is 303 g/mol. The zero-order chi connectivity index (χ0) is 15.6. The van der Waals surface area contributed by atoms with Crippen molar-refractivity contribution in [3.05, 3.63) is 35.9 Å². The Labute approximate surface area is 134 Å². The van der Waals surface area contributed by atoms with Gasteiger partial charge in [0, 0.05) is 26.3 Å². The Balaban J connectivity index is 2.08. The van der Waals surface area contributed by atoms with E-state index in [1.54, 1.807) is 0 Å². The van der Waals surface area contributed by atoms with Gasteiger partial charge in [-0.05, 0) is 44.6 Å². The summed E-state index contributed by atoms with van der Waals surface area (Å²) in [5.74, 6) is 1.63. The van der Waals surface area contributed by atoms with Gasteiger partial charge in [0.05, 0.1) is 6.04 Å². The molecule has 1 aliphatic heterocycles. The average Bonchev–Trinajstić information content (AvgIpc) is 2.56. The van der Waals surface area contributed by atoms with Crippen molar-refractivity contribution in [1.29, 1.82) is 0 Å². The highest BCUT2D eigenvalue weighted by atomic mass is 16.5. The zero-order valence-corrected chi connectivity index (χ0v) is 13.8. The zero-order valence-electron chi connectivity index (χ0n) is 13.8. The Morgan fingerprint density at radius 2 is 1.95 bits per heavy atom. The van der Waals surface area contributed by atoms with Crippen LogP contribution in [-0.4, -0.2) is 32.3 Å². The van der Waals surface area contributed by atoms with E-state index in [-0.39, 0.29) is 0 Å². The minimum atomic E-state index is 0.300. The summed E-state index contributed by atoms with van der Waals surface area (Å²) >= 11 is 0. The quantitative estimate of drug-likeness (QED) is 0.627. The third-order valence-corrected chi connectivity index (χ3v) is 4.08. The van der Waals surface area contributed by atoms with Gasteiger partial charge in [-0.3, -0.25) is 4.99 Å². The molecule has 1 unspecified atom stereocenters. The topological polar surface area (TPSA) is 45.7 Å². The number of benzene rings is 1. The predicted molar refractivity (Wildman–Crippen MR) is 92.1 cm³/mol. The summed E-state index contributed by atoms with van der Waals surface area (Å²) in [6, 6.07) is 11.0. The van der Waals surface area contributed by atoms with Crippen molar-refractivity contribution in [3.63, 3.8) is 0 Å². The molecule has 1 aromatic rings. The number of nitrogens with one attached hydrogen (secondary N) is 2. The minimum Gasteiger partial charge on any atom is -0.381 e. The molecule has 4 nitrogen and oxygen atoms in total. The number of hydrogen-bond acceptors (Lipinski definition) is 2. The molecular weight excluding hydrogens is 274 g/mol. The Morgan fingerprint density at radius 1 is 1.23 bits per heavy atom. The van der Waals surface area contributed by atoms with Gasteiger partial charge >= 0.3 is 0 Å². The fourth-order valence-corrected chi connectivity index (χ4v) is 2.92. The van der Waals surface area contributed by atoms with Gasteiger partial charge in [0.2, 0.25) is 0 Å². The number of hydrogen-bond donors (Lipinski definition) is 2. The highest BCUT2D eigenvalue weighted by Gasteiger charge is 2.21. The second-order valence-electron chi connectivity index (χ2n) is 5.75. The third kappa shape index (κ3) is 5.34. The van der Waals surface area contributed by atoms with Crippen molar-refractivity contribution in [1.82, 2.24) is 10.6 Å². The highest BCUT2D eigenvalue weighted by molar-refractivity contribution is 5.80. The first-order valence-electron chi connectivity index (χ1n) is 8.51. The summed E-state index contributed by atoms with van der Waals surface area (Å²) in [6.45, 7) is 7.63. The highest BCUT2D eigenvalue weighted by Crippen LogP contribution is 2.27. The van der Waals surface area contributed by atoms with E-state index in [1.807, 2.05) is 0 Å². The third-order valence-electron chi connectivity index (χ3n) is 4.08. The molecule has 0 amide bonds. The Kier molecular flexibility index (Phi) is 7.23. The molecule has 0 bridgehead atoms. The molecule has 1 atom stereocenters. The van der Waals surface area contributed by atoms with Gasteiger partial charge in [-0.1, -0.05) is 30.3 Å². The van der Waals surface area contributed by atoms with Crippen LogP contribution in [0.1, 0.15) is 44.7 Å². The standard InChI is InChI=1S/C18H29N3O/c1-3-19-18(20-4-2)21-17(16-8-6-5-7-9-16)14-15-10-12-22-13-11-15/h5-9,15,17H,3-4,10-14H2,1-2H3,(H2,19,20,21). The van der Waals surface area contributed by atoms with Crippen LogP contribution in [-0.2, 0) is 4.74 Å². The Hall–Kier alpha value is -1.55. The molecule has 0 aliphatic carbocycles. The smallest absolute Gasteiger partial charge is 0.191 e. The SMILES string of the molecule is CCN=C(NCC)NC(CC1CCOCC1)c1ccccc1. The molecule has 2 N–H and O–H groups in total. The molecular formula is C18H29N3O. The van der Waals surface area contributed by atoms with E-state index >= 15 is 0 Å². The van der Waals surface area contributed by atoms with Gasteiger partial charge in [-0.2, -0.15) is 0 Å². The van der Waals surface area contributed by atoms with Crippen molar-refractivity contribution in [2.45, 2.75) is 39.2 Å². The molecule has 0 aromatic heterocycles. The molecule has 0 spiro atoms. The first-order chi connectivity index (χ1) is 10.8. The van der Waals surface area contributed by atoms with Gasteiger partial charge in [0.25, 0.3) is 0 Å². The van der Waals surface area contributed by atoms with Crippen LogP contribution in [0, 0.1) is 5.92 Å². The lowest BCUT2D eigenvalue weighted by molar-refractivity contribution is 0.0611. The molecule has 1 aromatic carbocycles. The van der Waals surface area contributed by atoms with E-state index in [4.69, 9.17) is 4.74 Å². The van der Waals surface area contributed by atoms with Gasteiger partial charge in [0.1, 0.15) is 0 Å². The fourth-order valence-electron chi connectivity index (χ4n) is 2.92. The van der Waals surface area contributed by atoms with E-state index < -0.39 is 0 Å².